The van der Waals surface area contributed by atoms with Crippen LogP contribution in [0.2, 0.25) is 0 Å². The van der Waals surface area contributed by atoms with Crippen LogP contribution in [-0.2, 0) is 17.9 Å². The van der Waals surface area contributed by atoms with E-state index in [1.807, 2.05) is 0 Å². The van der Waals surface area contributed by atoms with E-state index in [2.05, 4.69) is 20.4 Å². The van der Waals surface area contributed by atoms with Gasteiger partial charge in [-0.15, -0.1) is 0 Å². The molecule has 0 bridgehead atoms. The third kappa shape index (κ3) is 4.59. The van der Waals surface area contributed by atoms with Crippen molar-refractivity contribution in [1.29, 1.82) is 0 Å². The molecule has 2 aromatic heterocycles. The Bertz CT molecular complexity index is 887. The van der Waals surface area contributed by atoms with Crippen LogP contribution in [0.1, 0.15) is 12.0 Å². The monoisotopic (exact) mass is 359 g/mol. The van der Waals surface area contributed by atoms with Crippen molar-refractivity contribution in [3.05, 3.63) is 66.4 Å². The Hall–Kier alpha value is -3.36. The molecule has 3 rings (SSSR count). The molecule has 0 spiro atoms. The summed E-state index contributed by atoms with van der Waals surface area (Å²) in [6.45, 7) is 0.597. The summed E-state index contributed by atoms with van der Waals surface area (Å²) in [6, 6.07) is 6.62. The van der Waals surface area contributed by atoms with Crippen LogP contribution < -0.4 is 10.1 Å². The van der Waals surface area contributed by atoms with E-state index >= 15 is 0 Å². The van der Waals surface area contributed by atoms with Crippen LogP contribution in [0.25, 0.3) is 0 Å². The molecular weight excluding hydrogens is 344 g/mol. The quantitative estimate of drug-likeness (QED) is 0.701. The minimum Gasteiger partial charge on any atom is -0.439 e. The van der Waals surface area contributed by atoms with Crippen molar-refractivity contribution in [2.24, 2.45) is 0 Å². The molecule has 26 heavy (non-hydrogen) atoms. The van der Waals surface area contributed by atoms with Crippen LogP contribution in [-0.4, -0.2) is 25.7 Å². The lowest BCUT2D eigenvalue weighted by Gasteiger charge is -2.11. The second-order valence-corrected chi connectivity index (χ2v) is 5.33. The van der Waals surface area contributed by atoms with E-state index in [4.69, 9.17) is 4.74 Å². The van der Waals surface area contributed by atoms with Crippen molar-refractivity contribution in [1.82, 2.24) is 25.1 Å². The first kappa shape index (κ1) is 17.5. The molecule has 0 saturated heterocycles. The molecule has 7 nitrogen and oxygen atoms in total. The summed E-state index contributed by atoms with van der Waals surface area (Å²) < 4.78 is 33.4. The van der Waals surface area contributed by atoms with Crippen LogP contribution >= 0.6 is 0 Å². The smallest absolute Gasteiger partial charge is 0.224 e. The van der Waals surface area contributed by atoms with Crippen LogP contribution in [0, 0.1) is 11.6 Å². The molecule has 2 heterocycles. The molecule has 1 aromatic carbocycles. The van der Waals surface area contributed by atoms with Gasteiger partial charge in [0, 0.05) is 30.8 Å². The number of pyridine rings is 1. The Morgan fingerprint density at radius 2 is 2.12 bits per heavy atom. The summed E-state index contributed by atoms with van der Waals surface area (Å²) in [6.07, 6.45) is 4.67. The van der Waals surface area contributed by atoms with E-state index in [0.29, 0.717) is 12.1 Å². The largest absolute Gasteiger partial charge is 0.439 e. The zero-order valence-electron chi connectivity index (χ0n) is 13.6. The Labute approximate surface area is 147 Å². The average Bonchev–Trinajstić information content (AvgIpc) is 3.16. The van der Waals surface area contributed by atoms with E-state index in [1.54, 1.807) is 16.8 Å². The molecule has 0 saturated carbocycles. The number of aromatic nitrogens is 4. The highest BCUT2D eigenvalue weighted by molar-refractivity contribution is 5.75. The maximum atomic E-state index is 13.3. The number of halogens is 2. The number of amides is 1. The van der Waals surface area contributed by atoms with Crippen LogP contribution in [0.4, 0.5) is 8.78 Å². The van der Waals surface area contributed by atoms with Gasteiger partial charge in [0.05, 0.1) is 6.54 Å². The van der Waals surface area contributed by atoms with Crippen LogP contribution in [0.5, 0.6) is 11.6 Å². The zero-order valence-corrected chi connectivity index (χ0v) is 13.6. The number of benzene rings is 1. The third-order valence-corrected chi connectivity index (χ3v) is 3.47. The van der Waals surface area contributed by atoms with E-state index < -0.39 is 11.6 Å². The fourth-order valence-corrected chi connectivity index (χ4v) is 2.15. The van der Waals surface area contributed by atoms with Gasteiger partial charge in [-0.2, -0.15) is 5.10 Å². The number of carbonyl (C=O) groups is 1. The van der Waals surface area contributed by atoms with Gasteiger partial charge in [0.15, 0.2) is 11.6 Å². The number of aryl methyl sites for hydroxylation is 1. The maximum absolute atomic E-state index is 13.3. The topological polar surface area (TPSA) is 81.9 Å². The van der Waals surface area contributed by atoms with Crippen molar-refractivity contribution in [2.45, 2.75) is 19.5 Å². The summed E-state index contributed by atoms with van der Waals surface area (Å²) in [7, 11) is 0. The summed E-state index contributed by atoms with van der Waals surface area (Å²) in [4.78, 5) is 19.8. The van der Waals surface area contributed by atoms with E-state index in [0.717, 1.165) is 12.1 Å². The number of ether oxygens (including phenoxy) is 1. The number of hydrogen-bond acceptors (Lipinski definition) is 5. The second kappa shape index (κ2) is 8.15. The van der Waals surface area contributed by atoms with Crippen molar-refractivity contribution in [3.63, 3.8) is 0 Å². The second-order valence-electron chi connectivity index (χ2n) is 5.33. The zero-order chi connectivity index (χ0) is 18.4. The molecular formula is C17H15F2N5O2. The summed E-state index contributed by atoms with van der Waals surface area (Å²) in [5, 5.41) is 6.67. The lowest BCUT2D eigenvalue weighted by molar-refractivity contribution is -0.121. The van der Waals surface area contributed by atoms with Gasteiger partial charge in [0.25, 0.3) is 0 Å². The first-order valence-corrected chi connectivity index (χ1v) is 7.78. The van der Waals surface area contributed by atoms with Crippen molar-refractivity contribution < 1.29 is 18.3 Å². The number of nitrogens with one attached hydrogen (secondary N) is 1. The third-order valence-electron chi connectivity index (χ3n) is 3.47. The van der Waals surface area contributed by atoms with Gasteiger partial charge in [0.1, 0.15) is 18.4 Å². The number of carbonyl (C=O) groups excluding carboxylic acids is 1. The predicted molar refractivity (Wildman–Crippen MR) is 87.2 cm³/mol. The summed E-state index contributed by atoms with van der Waals surface area (Å²) in [5.74, 6) is -1.83. The molecule has 3 aromatic rings. The van der Waals surface area contributed by atoms with Gasteiger partial charge in [-0.3, -0.25) is 9.48 Å². The van der Waals surface area contributed by atoms with Crippen LogP contribution in [0.15, 0.2) is 49.2 Å². The lowest BCUT2D eigenvalue weighted by Crippen LogP contribution is -2.24. The van der Waals surface area contributed by atoms with Crippen molar-refractivity contribution >= 4 is 5.91 Å². The van der Waals surface area contributed by atoms with E-state index in [1.165, 1.54) is 24.9 Å². The number of hydrogen-bond donors (Lipinski definition) is 1. The predicted octanol–water partition coefficient (Wildman–Crippen LogP) is 2.45. The van der Waals surface area contributed by atoms with Gasteiger partial charge in [-0.1, -0.05) is 6.07 Å². The summed E-state index contributed by atoms with van der Waals surface area (Å²) >= 11 is 0. The fraction of sp³-hybridized carbons (Fsp3) is 0.176. The molecule has 0 fully saturated rings. The molecule has 1 amide bonds. The molecule has 1 N–H and O–H groups in total. The minimum atomic E-state index is -1.01. The Morgan fingerprint density at radius 1 is 1.23 bits per heavy atom. The van der Waals surface area contributed by atoms with Crippen molar-refractivity contribution in [2.75, 3.05) is 0 Å². The van der Waals surface area contributed by atoms with E-state index in [-0.39, 0.29) is 30.5 Å². The molecule has 0 unspecified atom stereocenters. The standard InChI is InChI=1S/C17H15F2N5O2/c18-14-4-3-13(8-15(14)19)26-17-12(2-1-6-21-17)9-22-16(25)5-7-24-11-20-10-23-24/h1-4,6,8,10-11H,5,7,9H2,(H,22,25). The van der Waals surface area contributed by atoms with Crippen LogP contribution in [0.3, 0.4) is 0 Å². The highest BCUT2D eigenvalue weighted by Gasteiger charge is 2.10. The average molecular weight is 359 g/mol. The van der Waals surface area contributed by atoms with Gasteiger partial charge in [0.2, 0.25) is 11.8 Å². The van der Waals surface area contributed by atoms with Gasteiger partial charge in [-0.25, -0.2) is 18.7 Å². The summed E-state index contributed by atoms with van der Waals surface area (Å²) in [5.41, 5.74) is 0.603. The van der Waals surface area contributed by atoms with Gasteiger partial charge in [-0.05, 0) is 18.2 Å². The molecule has 134 valence electrons. The maximum Gasteiger partial charge on any atom is 0.224 e. The molecule has 0 aliphatic carbocycles. The number of rotatable bonds is 7. The van der Waals surface area contributed by atoms with E-state index in [9.17, 15) is 13.6 Å². The Balaban J connectivity index is 1.59. The van der Waals surface area contributed by atoms with Gasteiger partial charge >= 0.3 is 0 Å². The minimum absolute atomic E-state index is 0.112. The first-order chi connectivity index (χ1) is 12.6. The molecule has 0 aliphatic rings. The SMILES string of the molecule is O=C(CCn1cncn1)NCc1cccnc1Oc1ccc(F)c(F)c1. The number of nitrogens with zero attached hydrogens (tertiary/aromatic N) is 4. The van der Waals surface area contributed by atoms with Gasteiger partial charge < -0.3 is 10.1 Å². The lowest BCUT2D eigenvalue weighted by atomic mass is 10.2. The Morgan fingerprint density at radius 3 is 2.88 bits per heavy atom. The molecule has 0 atom stereocenters. The Kier molecular flexibility index (Phi) is 5.47. The highest BCUT2D eigenvalue weighted by atomic mass is 19.2. The molecule has 0 radical (unpaired) electrons. The highest BCUT2D eigenvalue weighted by Crippen LogP contribution is 2.24. The fourth-order valence-electron chi connectivity index (χ4n) is 2.15. The molecule has 0 aliphatic heterocycles. The molecule has 9 heteroatoms. The van der Waals surface area contributed by atoms with Crippen molar-refractivity contribution in [3.8, 4) is 11.6 Å². The first-order valence-electron chi connectivity index (χ1n) is 7.78. The normalized spacial score (nSPS) is 10.5.